The Bertz CT molecular complexity index is 1550. The fraction of sp³-hybridized carbons (Fsp3) is 0.233. The Hall–Kier alpha value is -3.39. The summed E-state index contributed by atoms with van der Waals surface area (Å²) in [6, 6.07) is 22.2. The second-order valence-corrected chi connectivity index (χ2v) is 9.65. The molecule has 156 valence electrons. The highest BCUT2D eigenvalue weighted by atomic mass is 16.3. The monoisotopic (exact) mass is 415 g/mol. The number of furan rings is 1. The van der Waals surface area contributed by atoms with E-state index in [-0.39, 0.29) is 5.41 Å². The zero-order chi connectivity index (χ0) is 21.4. The van der Waals surface area contributed by atoms with Crippen molar-refractivity contribution in [3.05, 3.63) is 89.1 Å². The van der Waals surface area contributed by atoms with Crippen LogP contribution in [0.5, 0.6) is 0 Å². The van der Waals surface area contributed by atoms with Crippen LogP contribution in [0.15, 0.2) is 71.3 Å². The molecule has 0 aliphatic heterocycles. The first-order valence-corrected chi connectivity index (χ1v) is 11.7. The van der Waals surface area contributed by atoms with Crippen molar-refractivity contribution in [3.8, 4) is 22.4 Å². The standard InChI is InChI=1S/C30H25NO/c1-18-13-16-31-24(17-18)26-19(2)9-10-22-27-25(32-29(22)26)12-11-21-20-7-3-4-8-23(20)30(28(21)27)14-5-6-15-30/h3-4,7-13,16-17H,5-6,14-15H2,1-2H3. The van der Waals surface area contributed by atoms with Gasteiger partial charge in [0.25, 0.3) is 0 Å². The van der Waals surface area contributed by atoms with Crippen molar-refractivity contribution in [1.29, 1.82) is 0 Å². The van der Waals surface area contributed by atoms with Crippen LogP contribution in [0.4, 0.5) is 0 Å². The summed E-state index contributed by atoms with van der Waals surface area (Å²) in [5.74, 6) is 0. The molecule has 2 heterocycles. The Morgan fingerprint density at radius 2 is 1.72 bits per heavy atom. The normalized spacial score (nSPS) is 16.2. The van der Waals surface area contributed by atoms with Gasteiger partial charge in [-0.15, -0.1) is 0 Å². The van der Waals surface area contributed by atoms with E-state index < -0.39 is 0 Å². The predicted molar refractivity (Wildman–Crippen MR) is 131 cm³/mol. The average Bonchev–Trinajstić information content (AvgIpc) is 3.50. The summed E-state index contributed by atoms with van der Waals surface area (Å²) in [5, 5.41) is 2.53. The molecule has 1 fully saturated rings. The molecule has 2 aliphatic carbocycles. The molecule has 1 spiro atoms. The lowest BCUT2D eigenvalue weighted by atomic mass is 9.75. The summed E-state index contributed by atoms with van der Waals surface area (Å²) >= 11 is 0. The van der Waals surface area contributed by atoms with E-state index in [1.807, 2.05) is 12.3 Å². The second-order valence-electron chi connectivity index (χ2n) is 9.65. The molecule has 2 aromatic heterocycles. The summed E-state index contributed by atoms with van der Waals surface area (Å²) in [4.78, 5) is 4.71. The third kappa shape index (κ3) is 2.22. The molecule has 0 N–H and O–H groups in total. The van der Waals surface area contributed by atoms with Crippen molar-refractivity contribution in [1.82, 2.24) is 4.98 Å². The van der Waals surface area contributed by atoms with Crippen molar-refractivity contribution >= 4 is 21.9 Å². The van der Waals surface area contributed by atoms with Crippen LogP contribution in [0.2, 0.25) is 0 Å². The zero-order valence-corrected chi connectivity index (χ0v) is 18.5. The summed E-state index contributed by atoms with van der Waals surface area (Å²) in [7, 11) is 0. The van der Waals surface area contributed by atoms with Gasteiger partial charge in [0.1, 0.15) is 11.2 Å². The van der Waals surface area contributed by atoms with Crippen molar-refractivity contribution in [2.24, 2.45) is 0 Å². The van der Waals surface area contributed by atoms with Gasteiger partial charge in [-0.1, -0.05) is 55.3 Å². The van der Waals surface area contributed by atoms with E-state index >= 15 is 0 Å². The Kier molecular flexibility index (Phi) is 3.60. The molecular weight excluding hydrogens is 390 g/mol. The minimum Gasteiger partial charge on any atom is -0.455 e. The summed E-state index contributed by atoms with van der Waals surface area (Å²) < 4.78 is 6.65. The number of rotatable bonds is 1. The van der Waals surface area contributed by atoms with Crippen LogP contribution in [-0.4, -0.2) is 4.98 Å². The second kappa shape index (κ2) is 6.32. The number of hydrogen-bond donors (Lipinski definition) is 0. The third-order valence-corrected chi connectivity index (χ3v) is 7.85. The highest BCUT2D eigenvalue weighted by molar-refractivity contribution is 6.14. The highest BCUT2D eigenvalue weighted by Crippen LogP contribution is 2.59. The summed E-state index contributed by atoms with van der Waals surface area (Å²) in [6.07, 6.45) is 6.92. The molecule has 7 rings (SSSR count). The van der Waals surface area contributed by atoms with E-state index in [2.05, 4.69) is 68.4 Å². The first-order valence-electron chi connectivity index (χ1n) is 11.7. The molecule has 2 aliphatic rings. The van der Waals surface area contributed by atoms with Gasteiger partial charge in [-0.3, -0.25) is 4.98 Å². The van der Waals surface area contributed by atoms with Gasteiger partial charge in [0.2, 0.25) is 0 Å². The molecular formula is C30H25NO. The van der Waals surface area contributed by atoms with E-state index in [4.69, 9.17) is 9.40 Å². The van der Waals surface area contributed by atoms with E-state index in [1.54, 1.807) is 0 Å². The zero-order valence-electron chi connectivity index (χ0n) is 18.5. The van der Waals surface area contributed by atoms with E-state index in [1.165, 1.54) is 69.8 Å². The minimum absolute atomic E-state index is 0.120. The van der Waals surface area contributed by atoms with Crippen molar-refractivity contribution in [2.45, 2.75) is 44.9 Å². The fourth-order valence-corrected chi connectivity index (χ4v) is 6.51. The molecule has 0 saturated heterocycles. The lowest BCUT2D eigenvalue weighted by molar-refractivity contribution is 0.554. The van der Waals surface area contributed by atoms with E-state index in [9.17, 15) is 0 Å². The SMILES string of the molecule is Cc1ccnc(-c2c(C)ccc3c2oc2ccc4c(c23)C2(CCCC2)c2ccccc2-4)c1. The minimum atomic E-state index is 0.120. The Morgan fingerprint density at radius 3 is 2.56 bits per heavy atom. The van der Waals surface area contributed by atoms with Gasteiger partial charge in [-0.2, -0.15) is 0 Å². The third-order valence-electron chi connectivity index (χ3n) is 7.85. The van der Waals surface area contributed by atoms with Gasteiger partial charge in [0.05, 0.1) is 5.69 Å². The molecule has 3 aromatic carbocycles. The van der Waals surface area contributed by atoms with Crippen LogP contribution in [0.1, 0.15) is 47.9 Å². The van der Waals surface area contributed by atoms with E-state index in [0.29, 0.717) is 0 Å². The maximum absolute atomic E-state index is 6.65. The van der Waals surface area contributed by atoms with Gasteiger partial charge in [-0.05, 0) is 78.3 Å². The van der Waals surface area contributed by atoms with Gasteiger partial charge in [0, 0.05) is 27.9 Å². The summed E-state index contributed by atoms with van der Waals surface area (Å²) in [5.41, 5.74) is 12.4. The largest absolute Gasteiger partial charge is 0.455 e. The number of aromatic nitrogens is 1. The summed E-state index contributed by atoms with van der Waals surface area (Å²) in [6.45, 7) is 4.28. The van der Waals surface area contributed by atoms with Crippen LogP contribution in [0.25, 0.3) is 44.3 Å². The first kappa shape index (κ1) is 18.2. The predicted octanol–water partition coefficient (Wildman–Crippen LogP) is 8.11. The van der Waals surface area contributed by atoms with Crippen LogP contribution in [0, 0.1) is 13.8 Å². The van der Waals surface area contributed by atoms with Gasteiger partial charge >= 0.3 is 0 Å². The maximum atomic E-state index is 6.65. The number of pyridine rings is 1. The van der Waals surface area contributed by atoms with Gasteiger partial charge < -0.3 is 4.42 Å². The van der Waals surface area contributed by atoms with Crippen LogP contribution < -0.4 is 0 Å². The van der Waals surface area contributed by atoms with Crippen LogP contribution in [-0.2, 0) is 5.41 Å². The number of fused-ring (bicyclic) bond motifs is 9. The van der Waals surface area contributed by atoms with Crippen molar-refractivity contribution in [3.63, 3.8) is 0 Å². The lowest BCUT2D eigenvalue weighted by Crippen LogP contribution is -2.20. The highest BCUT2D eigenvalue weighted by Gasteiger charge is 2.46. The van der Waals surface area contributed by atoms with Crippen LogP contribution in [0.3, 0.4) is 0 Å². The molecule has 2 heteroatoms. The molecule has 5 aromatic rings. The van der Waals surface area contributed by atoms with Gasteiger partial charge in [-0.25, -0.2) is 0 Å². The van der Waals surface area contributed by atoms with Gasteiger partial charge in [0.15, 0.2) is 0 Å². The Balaban J connectivity index is 1.62. The molecule has 0 amide bonds. The number of hydrogen-bond acceptors (Lipinski definition) is 2. The number of aryl methyl sites for hydroxylation is 2. The Morgan fingerprint density at radius 1 is 0.875 bits per heavy atom. The number of benzene rings is 3. The Labute approximate surface area is 187 Å². The first-order chi connectivity index (χ1) is 15.7. The lowest BCUT2D eigenvalue weighted by Gasteiger charge is -2.27. The van der Waals surface area contributed by atoms with E-state index in [0.717, 1.165) is 22.4 Å². The number of nitrogens with zero attached hydrogens (tertiary/aromatic N) is 1. The molecule has 2 nitrogen and oxygen atoms in total. The molecule has 0 atom stereocenters. The van der Waals surface area contributed by atoms with Crippen molar-refractivity contribution < 1.29 is 4.42 Å². The molecule has 0 unspecified atom stereocenters. The molecule has 1 saturated carbocycles. The molecule has 0 radical (unpaired) electrons. The maximum Gasteiger partial charge on any atom is 0.145 e. The molecule has 32 heavy (non-hydrogen) atoms. The quantitative estimate of drug-likeness (QED) is 0.276. The average molecular weight is 416 g/mol. The topological polar surface area (TPSA) is 26.0 Å². The molecule has 0 bridgehead atoms. The van der Waals surface area contributed by atoms with Crippen molar-refractivity contribution in [2.75, 3.05) is 0 Å². The van der Waals surface area contributed by atoms with Crippen LogP contribution >= 0.6 is 0 Å². The fourth-order valence-electron chi connectivity index (χ4n) is 6.51. The smallest absolute Gasteiger partial charge is 0.145 e.